The van der Waals surface area contributed by atoms with Crippen molar-refractivity contribution in [1.82, 2.24) is 4.98 Å². The topological polar surface area (TPSA) is 66.9 Å². The van der Waals surface area contributed by atoms with Crippen LogP contribution in [0.25, 0.3) is 10.9 Å². The minimum atomic E-state index is -4.49. The number of hydrogen-bond donors (Lipinski definition) is 0. The van der Waals surface area contributed by atoms with Gasteiger partial charge in [0, 0.05) is 31.0 Å². The summed E-state index contributed by atoms with van der Waals surface area (Å²) < 4.78 is 61.7. The highest BCUT2D eigenvalue weighted by Crippen LogP contribution is 2.36. The Kier molecular flexibility index (Phi) is 9.31. The van der Waals surface area contributed by atoms with E-state index in [0.29, 0.717) is 49.5 Å². The number of halogens is 3. The number of alkyl halides is 3. The molecule has 35 heavy (non-hydrogen) atoms. The molecule has 0 saturated heterocycles. The van der Waals surface area contributed by atoms with E-state index in [4.69, 9.17) is 18.9 Å². The van der Waals surface area contributed by atoms with E-state index in [9.17, 15) is 18.0 Å². The average Bonchev–Trinajstić information content (AvgIpc) is 2.84. The normalized spacial score (nSPS) is 12.4. The summed E-state index contributed by atoms with van der Waals surface area (Å²) in [6.45, 7) is 4.91. The smallest absolute Gasteiger partial charge is 0.418 e. The van der Waals surface area contributed by atoms with Gasteiger partial charge < -0.3 is 18.9 Å². The van der Waals surface area contributed by atoms with Gasteiger partial charge in [-0.25, -0.2) is 4.79 Å². The van der Waals surface area contributed by atoms with Gasteiger partial charge in [0.15, 0.2) is 6.10 Å². The van der Waals surface area contributed by atoms with E-state index in [0.717, 1.165) is 11.6 Å². The number of pyridine rings is 1. The van der Waals surface area contributed by atoms with Crippen LogP contribution < -0.4 is 9.47 Å². The summed E-state index contributed by atoms with van der Waals surface area (Å²) in [7, 11) is 0. The van der Waals surface area contributed by atoms with Crippen molar-refractivity contribution in [1.29, 1.82) is 0 Å². The molecule has 0 aliphatic carbocycles. The lowest BCUT2D eigenvalue weighted by Crippen LogP contribution is -2.28. The fraction of sp³-hybridized carbons (Fsp3) is 0.385. The first-order valence-electron chi connectivity index (χ1n) is 11.4. The fourth-order valence-electron chi connectivity index (χ4n) is 3.52. The molecule has 0 N–H and O–H groups in total. The maximum absolute atomic E-state index is 13.2. The fourth-order valence-corrected chi connectivity index (χ4v) is 3.52. The Bertz CT molecular complexity index is 1100. The number of esters is 1. The minimum Gasteiger partial charge on any atom is -0.493 e. The molecule has 0 spiro atoms. The predicted molar refractivity (Wildman–Crippen MR) is 125 cm³/mol. The molecule has 3 aromatic rings. The minimum absolute atomic E-state index is 0.136. The number of para-hydroxylation sites is 1. The first kappa shape index (κ1) is 26.3. The number of fused-ring (bicyclic) bond motifs is 1. The lowest BCUT2D eigenvalue weighted by atomic mass is 10.1. The largest absolute Gasteiger partial charge is 0.493 e. The van der Waals surface area contributed by atoms with Crippen molar-refractivity contribution < 1.29 is 36.9 Å². The summed E-state index contributed by atoms with van der Waals surface area (Å²) in [5, 5.41) is 0.312. The zero-order valence-electron chi connectivity index (χ0n) is 19.6. The lowest BCUT2D eigenvalue weighted by molar-refractivity contribution is -0.156. The number of carbonyl (C=O) groups excluding carboxylic acids is 1. The molecule has 0 fully saturated rings. The summed E-state index contributed by atoms with van der Waals surface area (Å²) >= 11 is 0. The van der Waals surface area contributed by atoms with Crippen LogP contribution in [0.3, 0.4) is 0 Å². The maximum Gasteiger partial charge on any atom is 0.418 e. The SMILES string of the molecule is CCOC(=O)C(Cc1ccc(OCCCOc2ccnc3c(C(F)(F)F)cccc23)cc1)OCC. The van der Waals surface area contributed by atoms with Crippen molar-refractivity contribution in [3.63, 3.8) is 0 Å². The summed E-state index contributed by atoms with van der Waals surface area (Å²) in [6, 6.07) is 12.8. The summed E-state index contributed by atoms with van der Waals surface area (Å²) in [5.74, 6) is 0.615. The van der Waals surface area contributed by atoms with Gasteiger partial charge in [0.1, 0.15) is 11.5 Å². The Labute approximate surface area is 202 Å². The molecule has 2 aromatic carbocycles. The maximum atomic E-state index is 13.2. The number of benzene rings is 2. The van der Waals surface area contributed by atoms with Gasteiger partial charge in [-0.3, -0.25) is 4.98 Å². The van der Waals surface area contributed by atoms with Gasteiger partial charge in [0.2, 0.25) is 0 Å². The molecule has 1 atom stereocenters. The quantitative estimate of drug-likeness (QED) is 0.242. The van der Waals surface area contributed by atoms with Gasteiger partial charge in [-0.1, -0.05) is 18.2 Å². The molecule has 3 rings (SSSR count). The first-order valence-corrected chi connectivity index (χ1v) is 11.4. The second-order valence-corrected chi connectivity index (χ2v) is 7.60. The molecular formula is C26H28F3NO5. The van der Waals surface area contributed by atoms with E-state index in [2.05, 4.69) is 4.98 Å². The van der Waals surface area contributed by atoms with Crippen molar-refractivity contribution in [2.75, 3.05) is 26.4 Å². The third kappa shape index (κ3) is 7.32. The predicted octanol–water partition coefficient (Wildman–Crippen LogP) is 5.61. The number of nitrogens with zero attached hydrogens (tertiary/aromatic N) is 1. The van der Waals surface area contributed by atoms with Crippen LogP contribution in [0, 0.1) is 0 Å². The first-order chi connectivity index (χ1) is 16.8. The molecular weight excluding hydrogens is 463 g/mol. The molecule has 1 unspecified atom stereocenters. The van der Waals surface area contributed by atoms with Crippen molar-refractivity contribution in [2.24, 2.45) is 0 Å². The van der Waals surface area contributed by atoms with Crippen LogP contribution in [0.1, 0.15) is 31.4 Å². The molecule has 0 saturated carbocycles. The number of carbonyl (C=O) groups is 1. The summed E-state index contributed by atoms with van der Waals surface area (Å²) in [4.78, 5) is 15.9. The second-order valence-electron chi connectivity index (χ2n) is 7.60. The van der Waals surface area contributed by atoms with Crippen molar-refractivity contribution in [3.8, 4) is 11.5 Å². The molecule has 1 aromatic heterocycles. The van der Waals surface area contributed by atoms with Gasteiger partial charge >= 0.3 is 12.1 Å². The second kappa shape index (κ2) is 12.4. The molecule has 0 radical (unpaired) electrons. The van der Waals surface area contributed by atoms with Crippen LogP contribution in [-0.2, 0) is 26.9 Å². The molecule has 188 valence electrons. The number of ether oxygens (including phenoxy) is 4. The number of hydrogen-bond acceptors (Lipinski definition) is 6. The van der Waals surface area contributed by atoms with Crippen LogP contribution >= 0.6 is 0 Å². The van der Waals surface area contributed by atoms with Crippen molar-refractivity contribution in [3.05, 3.63) is 65.9 Å². The standard InChI is InChI=1S/C26H28F3NO5/c1-3-32-23(25(31)33-4-2)17-18-9-11-19(12-10-18)34-15-6-16-35-22-13-14-30-24-20(22)7-5-8-21(24)26(27,28)29/h5,7-14,23H,3-4,6,15-17H2,1-2H3. The number of aromatic nitrogens is 1. The highest BCUT2D eigenvalue weighted by molar-refractivity contribution is 5.87. The molecule has 6 nitrogen and oxygen atoms in total. The Morgan fingerprint density at radius 3 is 2.40 bits per heavy atom. The summed E-state index contributed by atoms with van der Waals surface area (Å²) in [6.07, 6.45) is -2.91. The Morgan fingerprint density at radius 2 is 1.71 bits per heavy atom. The van der Waals surface area contributed by atoms with Crippen LogP contribution in [0.4, 0.5) is 13.2 Å². The van der Waals surface area contributed by atoms with E-state index >= 15 is 0 Å². The Balaban J connectivity index is 1.49. The zero-order valence-corrected chi connectivity index (χ0v) is 19.6. The molecule has 0 aliphatic heterocycles. The van der Waals surface area contributed by atoms with Gasteiger partial charge in [-0.15, -0.1) is 0 Å². The van der Waals surface area contributed by atoms with Crippen LogP contribution in [0.2, 0.25) is 0 Å². The molecule has 0 amide bonds. The van der Waals surface area contributed by atoms with E-state index in [1.165, 1.54) is 12.3 Å². The van der Waals surface area contributed by atoms with E-state index < -0.39 is 17.8 Å². The molecule has 1 heterocycles. The van der Waals surface area contributed by atoms with E-state index in [1.807, 2.05) is 19.1 Å². The van der Waals surface area contributed by atoms with Gasteiger partial charge in [0.05, 0.1) is 30.9 Å². The van der Waals surface area contributed by atoms with Crippen LogP contribution in [0.5, 0.6) is 11.5 Å². The number of rotatable bonds is 12. The van der Waals surface area contributed by atoms with Crippen LogP contribution in [-0.4, -0.2) is 43.5 Å². The Morgan fingerprint density at radius 1 is 0.971 bits per heavy atom. The third-order valence-corrected chi connectivity index (χ3v) is 5.11. The molecule has 0 aliphatic rings. The van der Waals surface area contributed by atoms with E-state index in [1.54, 1.807) is 31.2 Å². The highest BCUT2D eigenvalue weighted by Gasteiger charge is 2.33. The van der Waals surface area contributed by atoms with E-state index in [-0.39, 0.29) is 18.1 Å². The van der Waals surface area contributed by atoms with Crippen molar-refractivity contribution in [2.45, 2.75) is 39.0 Å². The van der Waals surface area contributed by atoms with Gasteiger partial charge in [-0.2, -0.15) is 13.2 Å². The summed E-state index contributed by atoms with van der Waals surface area (Å²) in [5.41, 5.74) is -0.0135. The third-order valence-electron chi connectivity index (χ3n) is 5.11. The molecule has 0 bridgehead atoms. The Hall–Kier alpha value is -3.33. The monoisotopic (exact) mass is 491 g/mol. The van der Waals surface area contributed by atoms with Crippen molar-refractivity contribution >= 4 is 16.9 Å². The average molecular weight is 492 g/mol. The zero-order chi connectivity index (χ0) is 25.3. The lowest BCUT2D eigenvalue weighted by Gasteiger charge is -2.16. The highest BCUT2D eigenvalue weighted by atomic mass is 19.4. The van der Waals surface area contributed by atoms with Crippen LogP contribution in [0.15, 0.2) is 54.7 Å². The molecule has 9 heteroatoms. The van der Waals surface area contributed by atoms with Gasteiger partial charge in [0.25, 0.3) is 0 Å². The van der Waals surface area contributed by atoms with Gasteiger partial charge in [-0.05, 0) is 49.7 Å².